The molecule has 0 bridgehead atoms. The van der Waals surface area contributed by atoms with Crippen LogP contribution in [0.25, 0.3) is 0 Å². The number of rotatable bonds is 1. The Morgan fingerprint density at radius 3 is 3.00 bits per heavy atom. The molecule has 0 saturated heterocycles. The van der Waals surface area contributed by atoms with Gasteiger partial charge in [-0.1, -0.05) is 19.1 Å². The van der Waals surface area contributed by atoms with E-state index in [0.29, 0.717) is 6.04 Å². The molecule has 40 valence electrons. The minimum absolute atomic E-state index is 0.667. The van der Waals surface area contributed by atoms with E-state index in [2.05, 4.69) is 24.4 Å². The average molecular weight is 97.2 g/mol. The summed E-state index contributed by atoms with van der Waals surface area (Å²) in [4.78, 5) is 0. The first-order chi connectivity index (χ1) is 3.43. The normalized spacial score (nSPS) is 29.0. The standard InChI is InChI=1S/C6H11N/c1-2-6-4-3-5-7-6/h3-4,6-7H,2,5H2,1H3/t6-/m1/s1. The van der Waals surface area contributed by atoms with Gasteiger partial charge in [0.1, 0.15) is 0 Å². The van der Waals surface area contributed by atoms with Crippen molar-refractivity contribution < 1.29 is 0 Å². The van der Waals surface area contributed by atoms with Gasteiger partial charge in [-0.2, -0.15) is 0 Å². The van der Waals surface area contributed by atoms with Gasteiger partial charge in [-0.15, -0.1) is 0 Å². The zero-order valence-electron chi connectivity index (χ0n) is 4.65. The Hall–Kier alpha value is -0.300. The summed E-state index contributed by atoms with van der Waals surface area (Å²) in [6.45, 7) is 3.26. The van der Waals surface area contributed by atoms with Gasteiger partial charge < -0.3 is 5.32 Å². The van der Waals surface area contributed by atoms with Crippen LogP contribution in [0.1, 0.15) is 13.3 Å². The summed E-state index contributed by atoms with van der Waals surface area (Å²) in [5.74, 6) is 0. The lowest BCUT2D eigenvalue weighted by Gasteiger charge is -2.01. The largest absolute Gasteiger partial charge is 0.307 e. The summed E-state index contributed by atoms with van der Waals surface area (Å²) >= 11 is 0. The molecule has 1 aliphatic heterocycles. The van der Waals surface area contributed by atoms with Crippen molar-refractivity contribution in [3.63, 3.8) is 0 Å². The van der Waals surface area contributed by atoms with E-state index in [9.17, 15) is 0 Å². The molecule has 0 aromatic heterocycles. The molecule has 1 aliphatic rings. The molecule has 1 heteroatoms. The van der Waals surface area contributed by atoms with Gasteiger partial charge in [-0.05, 0) is 6.42 Å². The highest BCUT2D eigenvalue weighted by atomic mass is 14.9. The fourth-order valence-electron chi connectivity index (χ4n) is 0.800. The zero-order chi connectivity index (χ0) is 5.11. The number of hydrogen-bond acceptors (Lipinski definition) is 1. The lowest BCUT2D eigenvalue weighted by molar-refractivity contribution is 0.649. The maximum absolute atomic E-state index is 3.30. The third kappa shape index (κ3) is 1.03. The predicted molar refractivity (Wildman–Crippen MR) is 31.2 cm³/mol. The van der Waals surface area contributed by atoms with Crippen LogP contribution >= 0.6 is 0 Å². The van der Waals surface area contributed by atoms with E-state index >= 15 is 0 Å². The quantitative estimate of drug-likeness (QED) is 0.480. The second-order valence-electron chi connectivity index (χ2n) is 1.85. The summed E-state index contributed by atoms with van der Waals surface area (Å²) in [6, 6.07) is 0.667. The van der Waals surface area contributed by atoms with Gasteiger partial charge in [0.05, 0.1) is 0 Å². The van der Waals surface area contributed by atoms with Gasteiger partial charge >= 0.3 is 0 Å². The van der Waals surface area contributed by atoms with E-state index in [0.717, 1.165) is 6.54 Å². The highest BCUT2D eigenvalue weighted by Crippen LogP contribution is 1.96. The molecule has 1 heterocycles. The maximum Gasteiger partial charge on any atom is 0.0250 e. The zero-order valence-corrected chi connectivity index (χ0v) is 4.65. The van der Waals surface area contributed by atoms with E-state index < -0.39 is 0 Å². The first kappa shape index (κ1) is 4.85. The third-order valence-electron chi connectivity index (χ3n) is 1.31. The molecular weight excluding hydrogens is 86.1 g/mol. The highest BCUT2D eigenvalue weighted by Gasteiger charge is 2.01. The Kier molecular flexibility index (Phi) is 1.47. The van der Waals surface area contributed by atoms with Crippen LogP contribution in [-0.2, 0) is 0 Å². The molecule has 1 rings (SSSR count). The lowest BCUT2D eigenvalue weighted by Crippen LogP contribution is -2.20. The van der Waals surface area contributed by atoms with Crippen molar-refractivity contribution in [1.82, 2.24) is 5.32 Å². The number of nitrogens with one attached hydrogen (secondary N) is 1. The van der Waals surface area contributed by atoms with E-state index in [-0.39, 0.29) is 0 Å². The third-order valence-corrected chi connectivity index (χ3v) is 1.31. The molecule has 0 amide bonds. The first-order valence-electron chi connectivity index (χ1n) is 2.83. The van der Waals surface area contributed by atoms with Crippen LogP contribution in [0.5, 0.6) is 0 Å². The Balaban J connectivity index is 2.28. The number of hydrogen-bond donors (Lipinski definition) is 1. The molecule has 0 aliphatic carbocycles. The Morgan fingerprint density at radius 1 is 1.86 bits per heavy atom. The summed E-state index contributed by atoms with van der Waals surface area (Å²) in [5.41, 5.74) is 0. The minimum Gasteiger partial charge on any atom is -0.307 e. The van der Waals surface area contributed by atoms with E-state index in [1.54, 1.807) is 0 Å². The Bertz CT molecular complexity index is 76.2. The van der Waals surface area contributed by atoms with Gasteiger partial charge in [0.15, 0.2) is 0 Å². The second kappa shape index (κ2) is 2.12. The van der Waals surface area contributed by atoms with Crippen LogP contribution in [0.3, 0.4) is 0 Å². The summed E-state index contributed by atoms with van der Waals surface area (Å²) in [5, 5.41) is 3.30. The molecule has 0 unspecified atom stereocenters. The minimum atomic E-state index is 0.667. The van der Waals surface area contributed by atoms with E-state index in [4.69, 9.17) is 0 Å². The molecule has 1 atom stereocenters. The molecule has 0 aromatic rings. The van der Waals surface area contributed by atoms with Crippen molar-refractivity contribution in [1.29, 1.82) is 0 Å². The second-order valence-corrected chi connectivity index (χ2v) is 1.85. The van der Waals surface area contributed by atoms with Gasteiger partial charge in [-0.25, -0.2) is 0 Å². The van der Waals surface area contributed by atoms with Crippen LogP contribution < -0.4 is 5.32 Å². The summed E-state index contributed by atoms with van der Waals surface area (Å²) in [6.07, 6.45) is 5.62. The lowest BCUT2D eigenvalue weighted by atomic mass is 10.2. The molecule has 7 heavy (non-hydrogen) atoms. The van der Waals surface area contributed by atoms with Crippen molar-refractivity contribution in [2.24, 2.45) is 0 Å². The molecule has 0 aromatic carbocycles. The monoisotopic (exact) mass is 97.1 g/mol. The van der Waals surface area contributed by atoms with E-state index in [1.807, 2.05) is 0 Å². The molecule has 0 radical (unpaired) electrons. The van der Waals surface area contributed by atoms with Crippen LogP contribution in [0, 0.1) is 0 Å². The van der Waals surface area contributed by atoms with Crippen LogP contribution in [0.2, 0.25) is 0 Å². The Labute approximate surface area is 44.4 Å². The van der Waals surface area contributed by atoms with Crippen LogP contribution in [-0.4, -0.2) is 12.6 Å². The fraction of sp³-hybridized carbons (Fsp3) is 0.667. The average Bonchev–Trinajstić information content (AvgIpc) is 2.14. The predicted octanol–water partition coefficient (Wildman–Crippen LogP) is 0.924. The van der Waals surface area contributed by atoms with Gasteiger partial charge in [0.25, 0.3) is 0 Å². The summed E-state index contributed by atoms with van der Waals surface area (Å²) in [7, 11) is 0. The van der Waals surface area contributed by atoms with Crippen molar-refractivity contribution in [2.75, 3.05) is 6.54 Å². The van der Waals surface area contributed by atoms with Crippen molar-refractivity contribution >= 4 is 0 Å². The highest BCUT2D eigenvalue weighted by molar-refractivity contribution is 5.00. The molecular formula is C6H11N. The SMILES string of the molecule is CC[C@@H]1C=CCN1. The van der Waals surface area contributed by atoms with Gasteiger partial charge in [-0.3, -0.25) is 0 Å². The molecule has 1 nitrogen and oxygen atoms in total. The molecule has 0 spiro atoms. The summed E-state index contributed by atoms with van der Waals surface area (Å²) < 4.78 is 0. The topological polar surface area (TPSA) is 12.0 Å². The smallest absolute Gasteiger partial charge is 0.0250 e. The van der Waals surface area contributed by atoms with E-state index in [1.165, 1.54) is 6.42 Å². The molecule has 0 saturated carbocycles. The van der Waals surface area contributed by atoms with Crippen molar-refractivity contribution in [3.05, 3.63) is 12.2 Å². The van der Waals surface area contributed by atoms with Crippen molar-refractivity contribution in [3.8, 4) is 0 Å². The molecule has 0 fully saturated rings. The Morgan fingerprint density at radius 2 is 2.71 bits per heavy atom. The van der Waals surface area contributed by atoms with Gasteiger partial charge in [0.2, 0.25) is 0 Å². The maximum atomic E-state index is 3.30. The molecule has 1 N–H and O–H groups in total. The van der Waals surface area contributed by atoms with Gasteiger partial charge in [0, 0.05) is 12.6 Å². The fourth-order valence-corrected chi connectivity index (χ4v) is 0.800. The first-order valence-corrected chi connectivity index (χ1v) is 2.83. The van der Waals surface area contributed by atoms with Crippen LogP contribution in [0.15, 0.2) is 12.2 Å². The van der Waals surface area contributed by atoms with Crippen molar-refractivity contribution in [2.45, 2.75) is 19.4 Å². The van der Waals surface area contributed by atoms with Crippen LogP contribution in [0.4, 0.5) is 0 Å².